The van der Waals surface area contributed by atoms with Gasteiger partial charge in [-0.05, 0) is 44.9 Å². The van der Waals surface area contributed by atoms with Gasteiger partial charge in [0.2, 0.25) is 0 Å². The molecule has 0 aliphatic carbocycles. The summed E-state index contributed by atoms with van der Waals surface area (Å²) < 4.78 is 5.13. The van der Waals surface area contributed by atoms with Gasteiger partial charge in [0.25, 0.3) is 0 Å². The maximum atomic E-state index is 11.8. The highest BCUT2D eigenvalue weighted by Gasteiger charge is 2.23. The number of hydrogen-bond donors (Lipinski definition) is 2. The maximum absolute atomic E-state index is 11.8. The van der Waals surface area contributed by atoms with E-state index in [9.17, 15) is 14.7 Å². The van der Waals surface area contributed by atoms with Gasteiger partial charge in [0.15, 0.2) is 5.78 Å². The summed E-state index contributed by atoms with van der Waals surface area (Å²) in [5.41, 5.74) is 0.157. The first-order valence-corrected chi connectivity index (χ1v) is 7.11. The molecular weight excluding hydrogens is 294 g/mol. The first kappa shape index (κ1) is 17.3. The Hall–Kier alpha value is -1.75. The van der Waals surface area contributed by atoms with E-state index in [1.54, 1.807) is 32.9 Å². The SMILES string of the molecule is CC(C)(C)OC(=O)N[C@@H](Cc1ccc(O)cc1)C(=O)CCl. The van der Waals surface area contributed by atoms with Crippen molar-refractivity contribution in [1.29, 1.82) is 0 Å². The summed E-state index contributed by atoms with van der Waals surface area (Å²) in [6, 6.07) is 5.64. The van der Waals surface area contributed by atoms with E-state index in [4.69, 9.17) is 16.3 Å². The molecule has 0 bridgehead atoms. The van der Waals surface area contributed by atoms with Crippen LogP contribution in [0.1, 0.15) is 26.3 Å². The van der Waals surface area contributed by atoms with Crippen LogP contribution >= 0.6 is 11.6 Å². The van der Waals surface area contributed by atoms with Crippen LogP contribution in [-0.4, -0.2) is 34.5 Å². The van der Waals surface area contributed by atoms with Crippen LogP contribution in [0.5, 0.6) is 5.75 Å². The van der Waals surface area contributed by atoms with Gasteiger partial charge in [-0.1, -0.05) is 12.1 Å². The number of nitrogens with one attached hydrogen (secondary N) is 1. The van der Waals surface area contributed by atoms with Gasteiger partial charge in [-0.25, -0.2) is 4.79 Å². The lowest BCUT2D eigenvalue weighted by atomic mass is 10.0. The number of alkyl carbamates (subject to hydrolysis) is 1. The first-order chi connectivity index (χ1) is 9.71. The number of ketones is 1. The average molecular weight is 314 g/mol. The Kier molecular flexibility index (Phi) is 6.03. The number of ether oxygens (including phenoxy) is 1. The number of carbonyl (C=O) groups is 2. The van der Waals surface area contributed by atoms with Crippen molar-refractivity contribution in [3.8, 4) is 5.75 Å². The van der Waals surface area contributed by atoms with E-state index in [1.807, 2.05) is 0 Å². The number of amides is 1. The van der Waals surface area contributed by atoms with Crippen molar-refractivity contribution in [2.75, 3.05) is 5.88 Å². The van der Waals surface area contributed by atoms with Crippen LogP contribution in [0.4, 0.5) is 4.79 Å². The van der Waals surface area contributed by atoms with Gasteiger partial charge in [-0.3, -0.25) is 4.79 Å². The highest BCUT2D eigenvalue weighted by molar-refractivity contribution is 6.28. The van der Waals surface area contributed by atoms with Gasteiger partial charge in [0.05, 0.1) is 11.9 Å². The molecule has 6 heteroatoms. The fourth-order valence-electron chi connectivity index (χ4n) is 1.66. The Morgan fingerprint density at radius 1 is 1.29 bits per heavy atom. The number of benzene rings is 1. The molecule has 1 aromatic carbocycles. The Labute approximate surface area is 129 Å². The van der Waals surface area contributed by atoms with E-state index in [0.29, 0.717) is 0 Å². The molecule has 0 aromatic heterocycles. The minimum absolute atomic E-state index is 0.138. The maximum Gasteiger partial charge on any atom is 0.408 e. The van der Waals surface area contributed by atoms with E-state index >= 15 is 0 Å². The Balaban J connectivity index is 2.74. The molecule has 1 atom stereocenters. The van der Waals surface area contributed by atoms with Gasteiger partial charge in [-0.2, -0.15) is 0 Å². The lowest BCUT2D eigenvalue weighted by Crippen LogP contribution is -2.45. The number of halogens is 1. The molecule has 116 valence electrons. The lowest BCUT2D eigenvalue weighted by Gasteiger charge is -2.23. The van der Waals surface area contributed by atoms with E-state index in [-0.39, 0.29) is 23.8 Å². The van der Waals surface area contributed by atoms with E-state index in [1.165, 1.54) is 12.1 Å². The monoisotopic (exact) mass is 313 g/mol. The minimum atomic E-state index is -0.762. The lowest BCUT2D eigenvalue weighted by molar-refractivity contribution is -0.118. The fraction of sp³-hybridized carbons (Fsp3) is 0.467. The number of Topliss-reactive ketones (excluding diaryl/α,β-unsaturated/α-hetero) is 1. The van der Waals surface area contributed by atoms with Crippen LogP contribution in [0.25, 0.3) is 0 Å². The van der Waals surface area contributed by atoms with Gasteiger partial charge >= 0.3 is 6.09 Å². The summed E-state index contributed by atoms with van der Waals surface area (Å²) in [4.78, 5) is 23.6. The molecule has 0 aliphatic heterocycles. The molecule has 5 nitrogen and oxygen atoms in total. The van der Waals surface area contributed by atoms with Crippen LogP contribution in [0, 0.1) is 0 Å². The van der Waals surface area contributed by atoms with Gasteiger partial charge < -0.3 is 15.2 Å². The standard InChI is InChI=1S/C15H20ClNO4/c1-15(2,3)21-14(20)17-12(13(19)9-16)8-10-4-6-11(18)7-5-10/h4-7,12,18H,8-9H2,1-3H3,(H,17,20)/t12-/m0/s1. The molecule has 1 aromatic rings. The van der Waals surface area contributed by atoms with Crippen molar-refractivity contribution in [2.24, 2.45) is 0 Å². The predicted octanol–water partition coefficient (Wildman–Crippen LogP) is 2.64. The van der Waals surface area contributed by atoms with Gasteiger partial charge in [-0.15, -0.1) is 11.6 Å². The molecular formula is C15H20ClNO4. The minimum Gasteiger partial charge on any atom is -0.508 e. The Morgan fingerprint density at radius 3 is 2.33 bits per heavy atom. The molecule has 0 heterocycles. The second kappa shape index (κ2) is 7.31. The largest absolute Gasteiger partial charge is 0.508 e. The number of phenolic OH excluding ortho intramolecular Hbond substituents is 1. The highest BCUT2D eigenvalue weighted by Crippen LogP contribution is 2.13. The smallest absolute Gasteiger partial charge is 0.408 e. The van der Waals surface area contributed by atoms with Gasteiger partial charge in [0.1, 0.15) is 11.4 Å². The summed E-state index contributed by atoms with van der Waals surface area (Å²) in [7, 11) is 0. The second-order valence-electron chi connectivity index (χ2n) is 5.67. The van der Waals surface area contributed by atoms with Crippen LogP contribution in [0.2, 0.25) is 0 Å². The normalized spacial score (nSPS) is 12.6. The molecule has 0 fully saturated rings. The Morgan fingerprint density at radius 2 is 1.86 bits per heavy atom. The van der Waals surface area contributed by atoms with Crippen LogP contribution < -0.4 is 5.32 Å². The number of phenols is 1. The quantitative estimate of drug-likeness (QED) is 0.819. The summed E-state index contributed by atoms with van der Waals surface area (Å²) in [5, 5.41) is 11.8. The molecule has 1 amide bonds. The summed E-state index contributed by atoms with van der Waals surface area (Å²) >= 11 is 5.57. The third kappa shape index (κ3) is 6.49. The molecule has 0 aliphatic rings. The number of carbonyl (C=O) groups excluding carboxylic acids is 2. The molecule has 0 radical (unpaired) electrons. The average Bonchev–Trinajstić information content (AvgIpc) is 2.37. The molecule has 0 spiro atoms. The number of aromatic hydroxyl groups is 1. The summed E-state index contributed by atoms with van der Waals surface area (Å²) in [6.07, 6.45) is -0.379. The van der Waals surface area contributed by atoms with Crippen LogP contribution in [-0.2, 0) is 16.0 Å². The molecule has 0 saturated heterocycles. The van der Waals surface area contributed by atoms with Crippen LogP contribution in [0.15, 0.2) is 24.3 Å². The first-order valence-electron chi connectivity index (χ1n) is 6.57. The third-order valence-electron chi connectivity index (χ3n) is 2.59. The van der Waals surface area contributed by atoms with Crippen molar-refractivity contribution in [3.63, 3.8) is 0 Å². The Bertz CT molecular complexity index is 493. The summed E-state index contributed by atoms with van der Waals surface area (Å²) in [6.45, 7) is 5.22. The number of rotatable bonds is 5. The molecule has 0 unspecified atom stereocenters. The van der Waals surface area contributed by atoms with Crippen molar-refractivity contribution in [2.45, 2.75) is 38.8 Å². The molecule has 2 N–H and O–H groups in total. The third-order valence-corrected chi connectivity index (χ3v) is 2.85. The zero-order chi connectivity index (χ0) is 16.0. The van der Waals surface area contributed by atoms with Crippen molar-refractivity contribution in [3.05, 3.63) is 29.8 Å². The fourth-order valence-corrected chi connectivity index (χ4v) is 1.84. The molecule has 0 saturated carbocycles. The molecule has 1 rings (SSSR count). The highest BCUT2D eigenvalue weighted by atomic mass is 35.5. The van der Waals surface area contributed by atoms with Crippen molar-refractivity contribution in [1.82, 2.24) is 5.32 Å². The second-order valence-corrected chi connectivity index (χ2v) is 5.94. The van der Waals surface area contributed by atoms with Gasteiger partial charge in [0, 0.05) is 0 Å². The van der Waals surface area contributed by atoms with E-state index in [2.05, 4.69) is 5.32 Å². The van der Waals surface area contributed by atoms with Crippen LogP contribution in [0.3, 0.4) is 0 Å². The zero-order valence-electron chi connectivity index (χ0n) is 12.4. The van der Waals surface area contributed by atoms with Crippen molar-refractivity contribution < 1.29 is 19.4 Å². The topological polar surface area (TPSA) is 75.6 Å². The van der Waals surface area contributed by atoms with E-state index < -0.39 is 17.7 Å². The van der Waals surface area contributed by atoms with E-state index in [0.717, 1.165) is 5.56 Å². The number of alkyl halides is 1. The molecule has 21 heavy (non-hydrogen) atoms. The predicted molar refractivity (Wildman–Crippen MR) is 80.7 cm³/mol. The number of hydrogen-bond acceptors (Lipinski definition) is 4. The van der Waals surface area contributed by atoms with Crippen molar-refractivity contribution >= 4 is 23.5 Å². The zero-order valence-corrected chi connectivity index (χ0v) is 13.1. The summed E-state index contributed by atoms with van der Waals surface area (Å²) in [5.74, 6) is -0.354.